The van der Waals surface area contributed by atoms with E-state index in [0.29, 0.717) is 30.1 Å². The van der Waals surface area contributed by atoms with Gasteiger partial charge in [0.15, 0.2) is 0 Å². The van der Waals surface area contributed by atoms with Crippen LogP contribution in [0.2, 0.25) is 0 Å². The fourth-order valence-corrected chi connectivity index (χ4v) is 4.01. The van der Waals surface area contributed by atoms with Crippen molar-refractivity contribution in [1.29, 1.82) is 0 Å². The highest BCUT2D eigenvalue weighted by Crippen LogP contribution is 2.33. The summed E-state index contributed by atoms with van der Waals surface area (Å²) in [5.74, 6) is 0.420. The van der Waals surface area contributed by atoms with Gasteiger partial charge >= 0.3 is 0 Å². The number of carbonyl (C=O) groups excluding carboxylic acids is 2. The smallest absolute Gasteiger partial charge is 0.255 e. The van der Waals surface area contributed by atoms with Gasteiger partial charge in [-0.3, -0.25) is 9.59 Å². The number of fused-ring (bicyclic) bond motifs is 1. The summed E-state index contributed by atoms with van der Waals surface area (Å²) >= 11 is 0. The van der Waals surface area contributed by atoms with Crippen molar-refractivity contribution in [3.05, 3.63) is 48.0 Å². The monoisotopic (exact) mass is 352 g/mol. The summed E-state index contributed by atoms with van der Waals surface area (Å²) in [4.78, 5) is 29.3. The lowest BCUT2D eigenvalue weighted by molar-refractivity contribution is 0.0704. The molecule has 0 N–H and O–H groups in total. The van der Waals surface area contributed by atoms with Crippen LogP contribution in [0.5, 0.6) is 0 Å². The van der Waals surface area contributed by atoms with Gasteiger partial charge in [0.05, 0.1) is 35.9 Å². The Hall–Kier alpha value is -2.90. The molecule has 0 aromatic carbocycles. The van der Waals surface area contributed by atoms with E-state index in [4.69, 9.17) is 0 Å². The summed E-state index contributed by atoms with van der Waals surface area (Å²) < 4.78 is 0. The molecule has 2 atom stereocenters. The van der Waals surface area contributed by atoms with E-state index in [0.717, 1.165) is 25.8 Å². The zero-order chi connectivity index (χ0) is 17.9. The van der Waals surface area contributed by atoms with E-state index in [1.54, 1.807) is 12.1 Å². The molecule has 8 nitrogen and oxygen atoms in total. The average molecular weight is 352 g/mol. The molecule has 8 heteroatoms. The van der Waals surface area contributed by atoms with Crippen LogP contribution in [0.1, 0.15) is 40.0 Å². The number of carbonyl (C=O) groups is 2. The van der Waals surface area contributed by atoms with E-state index in [1.165, 1.54) is 24.8 Å². The molecule has 2 fully saturated rings. The Labute approximate surface area is 151 Å². The Kier molecular flexibility index (Phi) is 4.55. The van der Waals surface area contributed by atoms with Gasteiger partial charge in [0.1, 0.15) is 0 Å². The Morgan fingerprint density at radius 3 is 2.08 bits per heavy atom. The van der Waals surface area contributed by atoms with Crippen LogP contribution in [0, 0.1) is 5.92 Å². The zero-order valence-electron chi connectivity index (χ0n) is 14.4. The van der Waals surface area contributed by atoms with Crippen molar-refractivity contribution in [3.63, 3.8) is 0 Å². The van der Waals surface area contributed by atoms with Gasteiger partial charge in [-0.05, 0) is 37.3 Å². The average Bonchev–Trinajstić information content (AvgIpc) is 2.99. The Morgan fingerprint density at radius 1 is 0.808 bits per heavy atom. The van der Waals surface area contributed by atoms with E-state index in [1.807, 2.05) is 9.80 Å². The van der Waals surface area contributed by atoms with Crippen LogP contribution in [-0.4, -0.2) is 67.7 Å². The third kappa shape index (κ3) is 3.14. The number of hydrogen-bond acceptors (Lipinski definition) is 6. The molecular weight excluding hydrogens is 332 g/mol. The van der Waals surface area contributed by atoms with Crippen molar-refractivity contribution in [2.75, 3.05) is 19.6 Å². The molecule has 0 radical (unpaired) electrons. The van der Waals surface area contributed by atoms with Crippen molar-refractivity contribution in [2.45, 2.75) is 25.3 Å². The second-order valence-electron chi connectivity index (χ2n) is 6.75. The predicted octanol–water partition coefficient (Wildman–Crippen LogP) is 1.03. The molecular formula is C18H20N6O2. The maximum Gasteiger partial charge on any atom is 0.255 e. The number of hydrogen-bond donors (Lipinski definition) is 0. The van der Waals surface area contributed by atoms with Gasteiger partial charge in [-0.1, -0.05) is 0 Å². The van der Waals surface area contributed by atoms with Crippen molar-refractivity contribution in [3.8, 4) is 0 Å². The highest BCUT2D eigenvalue weighted by molar-refractivity contribution is 5.94. The van der Waals surface area contributed by atoms with Crippen LogP contribution in [0.4, 0.5) is 0 Å². The Morgan fingerprint density at radius 2 is 1.42 bits per heavy atom. The molecule has 26 heavy (non-hydrogen) atoms. The van der Waals surface area contributed by atoms with E-state index in [2.05, 4.69) is 20.4 Å². The second kappa shape index (κ2) is 7.15. The van der Waals surface area contributed by atoms with Crippen LogP contribution >= 0.6 is 0 Å². The van der Waals surface area contributed by atoms with Crippen LogP contribution in [0.15, 0.2) is 36.9 Å². The van der Waals surface area contributed by atoms with Gasteiger partial charge in [-0.2, -0.15) is 20.4 Å². The molecule has 0 bridgehead atoms. The normalized spacial score (nSPS) is 22.6. The summed E-state index contributed by atoms with van der Waals surface area (Å²) in [6.07, 6.45) is 8.76. The molecule has 4 rings (SSSR count). The fraction of sp³-hybridized carbons (Fsp3) is 0.444. The maximum atomic E-state index is 12.8. The molecule has 0 spiro atoms. The first-order chi connectivity index (χ1) is 12.7. The van der Waals surface area contributed by atoms with Gasteiger partial charge in [0.25, 0.3) is 11.8 Å². The largest absolute Gasteiger partial charge is 0.339 e. The fourth-order valence-electron chi connectivity index (χ4n) is 4.01. The SMILES string of the molecule is O=C(c1ccnnc1)N1CC[C@H]2CCN(C(=O)c3ccnnc3)[C@H]2CC1. The number of rotatable bonds is 2. The number of aromatic nitrogens is 4. The van der Waals surface area contributed by atoms with E-state index in [-0.39, 0.29) is 17.9 Å². The number of likely N-dealkylation sites (tertiary alicyclic amines) is 2. The van der Waals surface area contributed by atoms with Crippen LogP contribution in [0.3, 0.4) is 0 Å². The first-order valence-electron chi connectivity index (χ1n) is 8.87. The summed E-state index contributed by atoms with van der Waals surface area (Å²) in [5, 5.41) is 15.1. The predicted molar refractivity (Wildman–Crippen MR) is 92.1 cm³/mol. The molecule has 2 saturated heterocycles. The molecule has 134 valence electrons. The van der Waals surface area contributed by atoms with Gasteiger partial charge in [-0.25, -0.2) is 0 Å². The third-order valence-electron chi connectivity index (χ3n) is 5.36. The molecule has 2 amide bonds. The summed E-state index contributed by atoms with van der Waals surface area (Å²) in [6.45, 7) is 2.11. The minimum atomic E-state index is -0.0175. The highest BCUT2D eigenvalue weighted by Gasteiger charge is 2.39. The molecule has 0 saturated carbocycles. The van der Waals surface area contributed by atoms with Crippen LogP contribution in [-0.2, 0) is 0 Å². The van der Waals surface area contributed by atoms with Crippen molar-refractivity contribution < 1.29 is 9.59 Å². The molecule has 2 aliphatic rings. The van der Waals surface area contributed by atoms with Gasteiger partial charge in [-0.15, -0.1) is 0 Å². The minimum absolute atomic E-state index is 0.00510. The first-order valence-corrected chi connectivity index (χ1v) is 8.87. The molecule has 2 aromatic rings. The third-order valence-corrected chi connectivity index (χ3v) is 5.36. The Bertz CT molecular complexity index is 785. The minimum Gasteiger partial charge on any atom is -0.339 e. The number of nitrogens with zero attached hydrogens (tertiary/aromatic N) is 6. The summed E-state index contributed by atoms with van der Waals surface area (Å²) in [6, 6.07) is 3.56. The van der Waals surface area contributed by atoms with Crippen molar-refractivity contribution >= 4 is 11.8 Å². The first kappa shape index (κ1) is 16.6. The van der Waals surface area contributed by atoms with Crippen LogP contribution in [0.25, 0.3) is 0 Å². The van der Waals surface area contributed by atoms with Gasteiger partial charge in [0.2, 0.25) is 0 Å². The van der Waals surface area contributed by atoms with E-state index < -0.39 is 0 Å². The quantitative estimate of drug-likeness (QED) is 0.802. The summed E-state index contributed by atoms with van der Waals surface area (Å²) in [7, 11) is 0. The van der Waals surface area contributed by atoms with Gasteiger partial charge < -0.3 is 9.80 Å². The van der Waals surface area contributed by atoms with Crippen molar-refractivity contribution in [1.82, 2.24) is 30.2 Å². The van der Waals surface area contributed by atoms with Crippen molar-refractivity contribution in [2.24, 2.45) is 5.92 Å². The summed E-state index contributed by atoms with van der Waals surface area (Å²) in [5.41, 5.74) is 1.13. The topological polar surface area (TPSA) is 92.2 Å². The molecule has 2 aliphatic heterocycles. The van der Waals surface area contributed by atoms with E-state index in [9.17, 15) is 9.59 Å². The van der Waals surface area contributed by atoms with Crippen LogP contribution < -0.4 is 0 Å². The molecule has 0 unspecified atom stereocenters. The lowest BCUT2D eigenvalue weighted by Gasteiger charge is -2.27. The second-order valence-corrected chi connectivity index (χ2v) is 6.75. The van der Waals surface area contributed by atoms with Gasteiger partial charge in [0, 0.05) is 25.7 Å². The zero-order valence-corrected chi connectivity index (χ0v) is 14.4. The lowest BCUT2D eigenvalue weighted by Crippen LogP contribution is -2.39. The lowest BCUT2D eigenvalue weighted by atomic mass is 9.95. The highest BCUT2D eigenvalue weighted by atomic mass is 16.2. The standard InChI is InChI=1S/C18H20N6O2/c25-17(14-1-6-19-21-11-14)23-8-3-13-4-10-24(16(13)5-9-23)18(26)15-2-7-20-22-12-15/h1-2,6-7,11-13,16H,3-5,8-10H2/t13-,16-/m0/s1. The molecule has 2 aromatic heterocycles. The molecule has 0 aliphatic carbocycles. The number of amides is 2. The van der Waals surface area contributed by atoms with E-state index >= 15 is 0 Å². The molecule has 4 heterocycles. The Balaban J connectivity index is 1.46. The maximum absolute atomic E-state index is 12.8.